The van der Waals surface area contributed by atoms with E-state index in [-0.39, 0.29) is 17.2 Å². The zero-order valence-electron chi connectivity index (χ0n) is 17.4. The summed E-state index contributed by atoms with van der Waals surface area (Å²) < 4.78 is 2.14. The number of para-hydroxylation sites is 1. The Morgan fingerprint density at radius 2 is 2.10 bits per heavy atom. The molecule has 2 saturated carbocycles. The van der Waals surface area contributed by atoms with Gasteiger partial charge in [0.1, 0.15) is 0 Å². The van der Waals surface area contributed by atoms with E-state index in [9.17, 15) is 4.79 Å². The van der Waals surface area contributed by atoms with E-state index in [0.29, 0.717) is 22.5 Å². The van der Waals surface area contributed by atoms with Crippen LogP contribution in [0.3, 0.4) is 0 Å². The van der Waals surface area contributed by atoms with Crippen LogP contribution in [-0.2, 0) is 11.3 Å². The van der Waals surface area contributed by atoms with Gasteiger partial charge in [0.05, 0.1) is 6.21 Å². The first-order valence-electron chi connectivity index (χ1n) is 10.8. The van der Waals surface area contributed by atoms with Crippen molar-refractivity contribution in [1.82, 2.24) is 9.99 Å². The predicted octanol–water partition coefficient (Wildman–Crippen LogP) is 6.27. The van der Waals surface area contributed by atoms with E-state index in [1.807, 2.05) is 30.5 Å². The summed E-state index contributed by atoms with van der Waals surface area (Å²) >= 11 is 12.4. The first-order valence-corrected chi connectivity index (χ1v) is 11.6. The van der Waals surface area contributed by atoms with E-state index in [1.165, 1.54) is 19.3 Å². The first-order chi connectivity index (χ1) is 15.0. The monoisotopic (exact) mass is 453 g/mol. The third-order valence-corrected chi connectivity index (χ3v) is 7.75. The lowest BCUT2D eigenvalue weighted by atomic mass is 9.90. The second-order valence-electron chi connectivity index (χ2n) is 9.04. The maximum Gasteiger partial charge on any atom is 0.244 e. The number of amides is 1. The van der Waals surface area contributed by atoms with Gasteiger partial charge >= 0.3 is 0 Å². The molecule has 1 N–H and O–H groups in total. The normalized spacial score (nSPS) is 25.0. The Morgan fingerprint density at radius 1 is 1.26 bits per heavy atom. The number of nitrogens with one attached hydrogen (secondary N) is 1. The van der Waals surface area contributed by atoms with Crippen LogP contribution in [0, 0.1) is 17.3 Å². The van der Waals surface area contributed by atoms with Gasteiger partial charge in [-0.25, -0.2) is 5.43 Å². The van der Waals surface area contributed by atoms with Crippen LogP contribution >= 0.6 is 23.2 Å². The van der Waals surface area contributed by atoms with Crippen LogP contribution < -0.4 is 5.43 Å². The van der Waals surface area contributed by atoms with Crippen molar-refractivity contribution in [2.24, 2.45) is 22.4 Å². The maximum absolute atomic E-state index is 12.7. The molecular weight excluding hydrogens is 429 g/mol. The Bertz CT molecular complexity index is 1180. The molecule has 6 heteroatoms. The number of hydrazone groups is 1. The van der Waals surface area contributed by atoms with Crippen molar-refractivity contribution in [3.05, 3.63) is 69.8 Å². The molecule has 0 unspecified atom stereocenters. The summed E-state index contributed by atoms with van der Waals surface area (Å²) in [7, 11) is 0. The van der Waals surface area contributed by atoms with Crippen molar-refractivity contribution < 1.29 is 4.79 Å². The Kier molecular flexibility index (Phi) is 5.31. The highest BCUT2D eigenvalue weighted by Crippen LogP contribution is 2.66. The van der Waals surface area contributed by atoms with Crippen molar-refractivity contribution in [2.45, 2.75) is 39.2 Å². The molecule has 160 valence electrons. The largest absolute Gasteiger partial charge is 0.342 e. The molecule has 1 amide bonds. The molecule has 0 aliphatic heterocycles. The summed E-state index contributed by atoms with van der Waals surface area (Å²) in [4.78, 5) is 12.7. The number of hydrogen-bond acceptors (Lipinski definition) is 2. The number of hydrogen-bond donors (Lipinski definition) is 1. The molecule has 2 aliphatic rings. The van der Waals surface area contributed by atoms with Crippen LogP contribution in [0.2, 0.25) is 10.0 Å². The van der Waals surface area contributed by atoms with Gasteiger partial charge in [-0.1, -0.05) is 67.2 Å². The predicted molar refractivity (Wildman–Crippen MR) is 127 cm³/mol. The molecule has 0 spiro atoms. The number of nitrogens with zero attached hydrogens (tertiary/aromatic N) is 2. The van der Waals surface area contributed by atoms with Crippen molar-refractivity contribution in [3.63, 3.8) is 0 Å². The number of rotatable bonds is 5. The minimum Gasteiger partial charge on any atom is -0.342 e. The Balaban J connectivity index is 1.35. The second kappa shape index (κ2) is 7.99. The number of aromatic nitrogens is 1. The SMILES string of the molecule is C[C@]12CCCC[C@@H]1[C@H]2C(=O)N/N=C\c1cn(Cc2ccc(Cl)cc2Cl)c2ccccc12. The van der Waals surface area contributed by atoms with Crippen LogP contribution in [0.15, 0.2) is 53.8 Å². The fourth-order valence-corrected chi connectivity index (χ4v) is 5.90. The van der Waals surface area contributed by atoms with Crippen LogP contribution in [-0.4, -0.2) is 16.7 Å². The highest BCUT2D eigenvalue weighted by molar-refractivity contribution is 6.35. The van der Waals surface area contributed by atoms with Crippen molar-refractivity contribution in [3.8, 4) is 0 Å². The fourth-order valence-electron chi connectivity index (χ4n) is 5.43. The van der Waals surface area contributed by atoms with Crippen LogP contribution in [0.5, 0.6) is 0 Å². The first kappa shape index (κ1) is 20.6. The van der Waals surface area contributed by atoms with E-state index in [0.717, 1.165) is 28.5 Å². The van der Waals surface area contributed by atoms with Gasteiger partial charge in [0.25, 0.3) is 0 Å². The van der Waals surface area contributed by atoms with Gasteiger partial charge in [-0.15, -0.1) is 0 Å². The Labute approximate surface area is 192 Å². The lowest BCUT2D eigenvalue weighted by Gasteiger charge is -2.15. The van der Waals surface area contributed by atoms with E-state index < -0.39 is 0 Å². The maximum atomic E-state index is 12.7. The van der Waals surface area contributed by atoms with Gasteiger partial charge in [0.15, 0.2) is 0 Å². The standard InChI is InChI=1S/C25H25Cl2N3O/c1-25-11-5-4-7-20(25)23(25)24(31)29-28-13-17-15-30(22-8-3-2-6-19(17)22)14-16-9-10-18(26)12-21(16)27/h2-3,6,8-10,12-13,15,20,23H,4-5,7,11,14H2,1H3,(H,29,31)/b28-13-/t20-,23+,25+/m1/s1. The lowest BCUT2D eigenvalue weighted by molar-refractivity contribution is -0.123. The molecule has 3 aromatic rings. The molecule has 3 atom stereocenters. The molecule has 0 saturated heterocycles. The van der Waals surface area contributed by atoms with Gasteiger partial charge < -0.3 is 4.57 Å². The molecular formula is C25H25Cl2N3O. The summed E-state index contributed by atoms with van der Waals surface area (Å²) in [6, 6.07) is 13.7. The zero-order valence-corrected chi connectivity index (χ0v) is 19.0. The average Bonchev–Trinajstić information content (AvgIpc) is 3.25. The smallest absolute Gasteiger partial charge is 0.244 e. The van der Waals surface area contributed by atoms with E-state index in [1.54, 1.807) is 12.3 Å². The number of fused-ring (bicyclic) bond motifs is 2. The Morgan fingerprint density at radius 3 is 2.87 bits per heavy atom. The number of carbonyl (C=O) groups excluding carboxylic acids is 1. The zero-order chi connectivity index (χ0) is 21.6. The van der Waals surface area contributed by atoms with Crippen molar-refractivity contribution in [1.29, 1.82) is 0 Å². The second-order valence-corrected chi connectivity index (χ2v) is 9.88. The van der Waals surface area contributed by atoms with Crippen molar-refractivity contribution >= 4 is 46.2 Å². The van der Waals surface area contributed by atoms with E-state index >= 15 is 0 Å². The molecule has 0 radical (unpaired) electrons. The average molecular weight is 454 g/mol. The molecule has 1 aromatic heterocycles. The highest BCUT2D eigenvalue weighted by atomic mass is 35.5. The minimum absolute atomic E-state index is 0.0577. The number of carbonyl (C=O) groups is 1. The molecule has 2 fully saturated rings. The summed E-state index contributed by atoms with van der Waals surface area (Å²) in [6.45, 7) is 2.87. The summed E-state index contributed by atoms with van der Waals surface area (Å²) in [5.74, 6) is 0.699. The molecule has 2 aromatic carbocycles. The molecule has 4 nitrogen and oxygen atoms in total. The Hall–Kier alpha value is -2.30. The quantitative estimate of drug-likeness (QED) is 0.358. The van der Waals surface area contributed by atoms with Crippen LogP contribution in [0.1, 0.15) is 43.7 Å². The van der Waals surface area contributed by atoms with Crippen molar-refractivity contribution in [2.75, 3.05) is 0 Å². The van der Waals surface area contributed by atoms with Crippen LogP contribution in [0.25, 0.3) is 10.9 Å². The van der Waals surface area contributed by atoms with Gasteiger partial charge in [-0.05, 0) is 47.9 Å². The lowest BCUT2D eigenvalue weighted by Crippen LogP contribution is -2.22. The van der Waals surface area contributed by atoms with Gasteiger partial charge in [-0.3, -0.25) is 4.79 Å². The molecule has 2 aliphatic carbocycles. The van der Waals surface area contributed by atoms with E-state index in [2.05, 4.69) is 34.2 Å². The summed E-state index contributed by atoms with van der Waals surface area (Å²) in [6.07, 6.45) is 8.58. The molecule has 1 heterocycles. The minimum atomic E-state index is 0.0577. The highest BCUT2D eigenvalue weighted by Gasteiger charge is 2.64. The molecule has 31 heavy (non-hydrogen) atoms. The third-order valence-electron chi connectivity index (χ3n) is 7.17. The van der Waals surface area contributed by atoms with Gasteiger partial charge in [0.2, 0.25) is 5.91 Å². The topological polar surface area (TPSA) is 46.4 Å². The number of benzene rings is 2. The fraction of sp³-hybridized carbons (Fsp3) is 0.360. The van der Waals surface area contributed by atoms with E-state index in [4.69, 9.17) is 23.2 Å². The third kappa shape index (κ3) is 3.77. The van der Waals surface area contributed by atoms with Crippen LogP contribution in [0.4, 0.5) is 0 Å². The summed E-state index contributed by atoms with van der Waals surface area (Å²) in [5.41, 5.74) is 6.02. The molecule has 0 bridgehead atoms. The van der Waals surface area contributed by atoms with Gasteiger partial charge in [-0.2, -0.15) is 5.10 Å². The molecule has 5 rings (SSSR count). The summed E-state index contributed by atoms with van der Waals surface area (Å²) in [5, 5.41) is 6.66. The number of halogens is 2. The van der Waals surface area contributed by atoms with Gasteiger partial charge in [0, 0.05) is 45.2 Å².